The van der Waals surface area contributed by atoms with Crippen LogP contribution in [0.25, 0.3) is 11.0 Å². The van der Waals surface area contributed by atoms with Crippen LogP contribution in [0, 0.1) is 6.92 Å². The molecular formula is C24H25N5O3S. The number of carbonyl (C=O) groups is 1. The number of anilines is 2. The van der Waals surface area contributed by atoms with Gasteiger partial charge in [0.1, 0.15) is 0 Å². The summed E-state index contributed by atoms with van der Waals surface area (Å²) in [5.74, 6) is -0.370. The molecule has 0 radical (unpaired) electrons. The zero-order chi connectivity index (χ0) is 23.8. The summed E-state index contributed by atoms with van der Waals surface area (Å²) in [5, 5.41) is 7.91. The summed E-state index contributed by atoms with van der Waals surface area (Å²) in [7, 11) is -2.30. The Morgan fingerprint density at radius 2 is 1.79 bits per heavy atom. The van der Waals surface area contributed by atoms with Gasteiger partial charge in [-0.25, -0.2) is 18.1 Å². The summed E-state index contributed by atoms with van der Waals surface area (Å²) in [4.78, 5) is 17.6. The second kappa shape index (κ2) is 8.67. The van der Waals surface area contributed by atoms with Gasteiger partial charge in [0, 0.05) is 24.2 Å². The summed E-state index contributed by atoms with van der Waals surface area (Å²) in [6.45, 7) is 5.79. The zero-order valence-electron chi connectivity index (χ0n) is 18.9. The lowest BCUT2D eigenvalue weighted by molar-refractivity contribution is 0.102. The number of para-hydroxylation sites is 1. The normalized spacial score (nSPS) is 11.7. The number of pyridine rings is 1. The van der Waals surface area contributed by atoms with E-state index in [0.717, 1.165) is 11.0 Å². The SMILES string of the molecule is Cc1nc2c(cnn2C(C)C)cc1C(=O)Nc1cccc(S(=O)(=O)N(C)c2ccccc2)c1. The molecule has 0 aliphatic carbocycles. The Balaban J connectivity index is 1.61. The van der Waals surface area contributed by atoms with Gasteiger partial charge in [0.2, 0.25) is 0 Å². The number of nitrogens with one attached hydrogen (secondary N) is 1. The van der Waals surface area contributed by atoms with Gasteiger partial charge in [-0.05, 0) is 57.2 Å². The van der Waals surface area contributed by atoms with Crippen LogP contribution in [0.15, 0.2) is 71.8 Å². The molecule has 0 saturated carbocycles. The maximum atomic E-state index is 13.1. The number of hydrogen-bond donors (Lipinski definition) is 1. The van der Waals surface area contributed by atoms with Crippen molar-refractivity contribution in [2.45, 2.75) is 31.7 Å². The summed E-state index contributed by atoms with van der Waals surface area (Å²) in [6, 6.07) is 16.9. The second-order valence-electron chi connectivity index (χ2n) is 8.01. The molecular weight excluding hydrogens is 438 g/mol. The smallest absolute Gasteiger partial charge is 0.264 e. The summed E-state index contributed by atoms with van der Waals surface area (Å²) in [5.41, 5.74) is 2.61. The van der Waals surface area contributed by atoms with Crippen LogP contribution in [0.5, 0.6) is 0 Å². The molecule has 2 aromatic carbocycles. The number of nitrogens with zero attached hydrogens (tertiary/aromatic N) is 4. The number of sulfonamides is 1. The Labute approximate surface area is 192 Å². The molecule has 0 aliphatic heterocycles. The average Bonchev–Trinajstić information content (AvgIpc) is 3.21. The van der Waals surface area contributed by atoms with E-state index >= 15 is 0 Å². The summed E-state index contributed by atoms with van der Waals surface area (Å²) < 4.78 is 29.2. The first kappa shape index (κ1) is 22.5. The Kier molecular flexibility index (Phi) is 5.90. The maximum absolute atomic E-state index is 13.1. The molecule has 0 spiro atoms. The molecule has 0 fully saturated rings. The van der Waals surface area contributed by atoms with E-state index in [0.29, 0.717) is 22.6 Å². The molecule has 1 N–H and O–H groups in total. The van der Waals surface area contributed by atoms with Crippen LogP contribution in [0.2, 0.25) is 0 Å². The van der Waals surface area contributed by atoms with Crippen molar-refractivity contribution in [2.24, 2.45) is 0 Å². The van der Waals surface area contributed by atoms with Crippen LogP contribution in [-0.4, -0.2) is 36.1 Å². The van der Waals surface area contributed by atoms with Gasteiger partial charge in [0.25, 0.3) is 15.9 Å². The number of aryl methyl sites for hydroxylation is 1. The Morgan fingerprint density at radius 1 is 1.06 bits per heavy atom. The molecule has 2 aromatic heterocycles. The van der Waals surface area contributed by atoms with Crippen molar-refractivity contribution in [3.8, 4) is 0 Å². The van der Waals surface area contributed by atoms with E-state index in [4.69, 9.17) is 0 Å². The molecule has 0 unspecified atom stereocenters. The molecule has 0 atom stereocenters. The Bertz CT molecular complexity index is 1430. The van der Waals surface area contributed by atoms with Gasteiger partial charge < -0.3 is 5.32 Å². The van der Waals surface area contributed by atoms with E-state index in [1.165, 1.54) is 23.5 Å². The second-order valence-corrected chi connectivity index (χ2v) is 9.98. The molecule has 9 heteroatoms. The van der Waals surface area contributed by atoms with Crippen LogP contribution in [0.4, 0.5) is 11.4 Å². The third-order valence-corrected chi connectivity index (χ3v) is 7.15. The fraction of sp³-hybridized carbons (Fsp3) is 0.208. The molecule has 33 heavy (non-hydrogen) atoms. The zero-order valence-corrected chi connectivity index (χ0v) is 19.7. The summed E-state index contributed by atoms with van der Waals surface area (Å²) >= 11 is 0. The van der Waals surface area contributed by atoms with Gasteiger partial charge in [-0.2, -0.15) is 5.10 Å². The van der Waals surface area contributed by atoms with E-state index < -0.39 is 10.0 Å². The topological polar surface area (TPSA) is 97.2 Å². The van der Waals surface area contributed by atoms with Crippen LogP contribution in [0.1, 0.15) is 35.9 Å². The minimum absolute atomic E-state index is 0.0789. The van der Waals surface area contributed by atoms with E-state index in [-0.39, 0.29) is 16.8 Å². The predicted octanol–water partition coefficient (Wildman–Crippen LogP) is 4.40. The van der Waals surface area contributed by atoms with Crippen LogP contribution in [0.3, 0.4) is 0 Å². The van der Waals surface area contributed by atoms with Crippen molar-refractivity contribution in [2.75, 3.05) is 16.7 Å². The number of aromatic nitrogens is 3. The molecule has 0 saturated heterocycles. The van der Waals surface area contributed by atoms with Gasteiger partial charge in [-0.1, -0.05) is 24.3 Å². The number of hydrogen-bond acceptors (Lipinski definition) is 5. The number of benzene rings is 2. The fourth-order valence-electron chi connectivity index (χ4n) is 3.54. The van der Waals surface area contributed by atoms with Crippen LogP contribution in [-0.2, 0) is 10.0 Å². The Hall–Kier alpha value is -3.72. The van der Waals surface area contributed by atoms with Crippen molar-refractivity contribution >= 4 is 38.3 Å². The highest BCUT2D eigenvalue weighted by atomic mass is 32.2. The number of carbonyl (C=O) groups excluding carboxylic acids is 1. The van der Waals surface area contributed by atoms with Gasteiger partial charge in [0.15, 0.2) is 5.65 Å². The third-order valence-electron chi connectivity index (χ3n) is 5.36. The number of fused-ring (bicyclic) bond motifs is 1. The minimum Gasteiger partial charge on any atom is -0.322 e. The first-order valence-electron chi connectivity index (χ1n) is 10.5. The lowest BCUT2D eigenvalue weighted by Gasteiger charge is -2.20. The largest absolute Gasteiger partial charge is 0.322 e. The van der Waals surface area contributed by atoms with Gasteiger partial charge in [-0.15, -0.1) is 0 Å². The Morgan fingerprint density at radius 3 is 2.48 bits per heavy atom. The lowest BCUT2D eigenvalue weighted by Crippen LogP contribution is -2.26. The average molecular weight is 464 g/mol. The predicted molar refractivity (Wildman–Crippen MR) is 129 cm³/mol. The van der Waals surface area contributed by atoms with Crippen molar-refractivity contribution in [1.82, 2.24) is 14.8 Å². The number of rotatable bonds is 6. The minimum atomic E-state index is -3.80. The molecule has 170 valence electrons. The maximum Gasteiger partial charge on any atom is 0.264 e. The molecule has 0 aliphatic rings. The quantitative estimate of drug-likeness (QED) is 0.457. The van der Waals surface area contributed by atoms with Gasteiger partial charge in [-0.3, -0.25) is 9.10 Å². The highest BCUT2D eigenvalue weighted by Crippen LogP contribution is 2.25. The highest BCUT2D eigenvalue weighted by Gasteiger charge is 2.22. The monoisotopic (exact) mass is 463 g/mol. The molecule has 0 bridgehead atoms. The lowest BCUT2D eigenvalue weighted by atomic mass is 10.1. The molecule has 4 aromatic rings. The fourth-order valence-corrected chi connectivity index (χ4v) is 4.78. The van der Waals surface area contributed by atoms with E-state index in [9.17, 15) is 13.2 Å². The molecule has 2 heterocycles. The van der Waals surface area contributed by atoms with Crippen LogP contribution >= 0.6 is 0 Å². The third kappa shape index (κ3) is 4.31. The molecule has 4 rings (SSSR count). The van der Waals surface area contributed by atoms with E-state index in [2.05, 4.69) is 15.4 Å². The molecule has 8 nitrogen and oxygen atoms in total. The van der Waals surface area contributed by atoms with Crippen LogP contribution < -0.4 is 9.62 Å². The van der Waals surface area contributed by atoms with Crippen molar-refractivity contribution in [3.63, 3.8) is 0 Å². The van der Waals surface area contributed by atoms with E-state index in [1.54, 1.807) is 55.6 Å². The van der Waals surface area contributed by atoms with Crippen molar-refractivity contribution in [1.29, 1.82) is 0 Å². The van der Waals surface area contributed by atoms with Gasteiger partial charge >= 0.3 is 0 Å². The first-order chi connectivity index (χ1) is 15.7. The standard InChI is InChI=1S/C24H25N5O3S/c1-16(2)29-23-18(15-25-29)13-22(17(3)26-23)24(30)27-19-9-8-12-21(14-19)33(31,32)28(4)20-10-6-5-7-11-20/h5-16H,1-4H3,(H,27,30). The summed E-state index contributed by atoms with van der Waals surface area (Å²) in [6.07, 6.45) is 1.69. The molecule has 1 amide bonds. The van der Waals surface area contributed by atoms with E-state index in [1.807, 2.05) is 24.6 Å². The number of amides is 1. The van der Waals surface area contributed by atoms with Crippen molar-refractivity contribution in [3.05, 3.63) is 78.1 Å². The van der Waals surface area contributed by atoms with Gasteiger partial charge in [0.05, 0.1) is 28.0 Å². The highest BCUT2D eigenvalue weighted by molar-refractivity contribution is 7.92. The van der Waals surface area contributed by atoms with Crippen molar-refractivity contribution < 1.29 is 13.2 Å². The first-order valence-corrected chi connectivity index (χ1v) is 11.9.